The Labute approximate surface area is 136 Å². The van der Waals surface area contributed by atoms with Gasteiger partial charge in [-0.3, -0.25) is 9.69 Å². The molecule has 124 valence electrons. The Morgan fingerprint density at radius 2 is 2.13 bits per heavy atom. The molecular weight excluding hydrogens is 294 g/mol. The van der Waals surface area contributed by atoms with Crippen LogP contribution in [0.3, 0.4) is 0 Å². The van der Waals surface area contributed by atoms with Crippen molar-refractivity contribution in [2.24, 2.45) is 0 Å². The van der Waals surface area contributed by atoms with Gasteiger partial charge in [0.05, 0.1) is 18.8 Å². The fraction of sp³-hybridized carbons (Fsp3) is 0.438. The third-order valence-corrected chi connectivity index (χ3v) is 3.74. The summed E-state index contributed by atoms with van der Waals surface area (Å²) in [5.41, 5.74) is 2.10. The third kappa shape index (κ3) is 4.87. The van der Waals surface area contributed by atoms with Gasteiger partial charge in [-0.15, -0.1) is 0 Å². The van der Waals surface area contributed by atoms with E-state index >= 15 is 0 Å². The zero-order valence-corrected chi connectivity index (χ0v) is 13.8. The second-order valence-corrected chi connectivity index (χ2v) is 5.37. The minimum atomic E-state index is -0.00404. The van der Waals surface area contributed by atoms with Gasteiger partial charge in [-0.1, -0.05) is 12.1 Å². The van der Waals surface area contributed by atoms with Crippen molar-refractivity contribution in [1.29, 1.82) is 0 Å². The lowest BCUT2D eigenvalue weighted by Crippen LogP contribution is -2.37. The number of aromatic nitrogens is 3. The molecule has 0 spiro atoms. The number of rotatable bonds is 8. The lowest BCUT2D eigenvalue weighted by Gasteiger charge is -2.24. The maximum atomic E-state index is 11.8. The molecule has 1 unspecified atom stereocenters. The molecule has 0 saturated carbocycles. The predicted molar refractivity (Wildman–Crippen MR) is 87.3 cm³/mol. The topological polar surface area (TPSA) is 72.3 Å². The van der Waals surface area contributed by atoms with Crippen molar-refractivity contribution in [3.8, 4) is 5.69 Å². The largest absolute Gasteiger partial charge is 0.383 e. The number of benzene rings is 1. The van der Waals surface area contributed by atoms with Crippen LogP contribution >= 0.6 is 0 Å². The molecule has 0 radical (unpaired) electrons. The molecule has 7 heteroatoms. The summed E-state index contributed by atoms with van der Waals surface area (Å²) in [5.74, 6) is -0.00404. The van der Waals surface area contributed by atoms with Crippen molar-refractivity contribution in [3.05, 3.63) is 42.5 Å². The average Bonchev–Trinajstić information content (AvgIpc) is 3.09. The number of nitrogens with one attached hydrogen (secondary N) is 1. The highest BCUT2D eigenvalue weighted by molar-refractivity contribution is 5.78. The van der Waals surface area contributed by atoms with E-state index < -0.39 is 0 Å². The first-order valence-corrected chi connectivity index (χ1v) is 7.52. The van der Waals surface area contributed by atoms with Crippen LogP contribution < -0.4 is 5.32 Å². The predicted octanol–water partition coefficient (Wildman–Crippen LogP) is 1.02. The molecule has 0 aliphatic carbocycles. The summed E-state index contributed by atoms with van der Waals surface area (Å²) in [5, 5.41) is 6.93. The second kappa shape index (κ2) is 8.40. The maximum Gasteiger partial charge on any atom is 0.234 e. The van der Waals surface area contributed by atoms with Crippen LogP contribution in [0.15, 0.2) is 36.9 Å². The van der Waals surface area contributed by atoms with Gasteiger partial charge in [-0.2, -0.15) is 5.10 Å². The van der Waals surface area contributed by atoms with Gasteiger partial charge >= 0.3 is 0 Å². The molecule has 0 fully saturated rings. The van der Waals surface area contributed by atoms with E-state index in [1.165, 1.54) is 6.33 Å². The van der Waals surface area contributed by atoms with E-state index in [0.29, 0.717) is 19.7 Å². The van der Waals surface area contributed by atoms with Crippen LogP contribution in [-0.2, 0) is 9.53 Å². The number of carbonyl (C=O) groups is 1. The number of carbonyl (C=O) groups excluding carboxylic acids is 1. The fourth-order valence-corrected chi connectivity index (χ4v) is 2.21. The van der Waals surface area contributed by atoms with Gasteiger partial charge in [-0.05, 0) is 31.7 Å². The van der Waals surface area contributed by atoms with E-state index in [-0.39, 0.29) is 11.9 Å². The van der Waals surface area contributed by atoms with Crippen molar-refractivity contribution in [2.75, 3.05) is 33.9 Å². The Morgan fingerprint density at radius 3 is 2.74 bits per heavy atom. The molecule has 7 nitrogen and oxygen atoms in total. The smallest absolute Gasteiger partial charge is 0.234 e. The molecule has 0 saturated heterocycles. The molecule has 2 aromatic rings. The van der Waals surface area contributed by atoms with Crippen molar-refractivity contribution >= 4 is 5.91 Å². The second-order valence-electron chi connectivity index (χ2n) is 5.37. The highest BCUT2D eigenvalue weighted by Crippen LogP contribution is 2.19. The highest BCUT2D eigenvalue weighted by atomic mass is 16.5. The molecule has 1 aromatic carbocycles. The average molecular weight is 317 g/mol. The van der Waals surface area contributed by atoms with Crippen LogP contribution in [0.5, 0.6) is 0 Å². The number of likely N-dealkylation sites (N-methyl/N-ethyl adjacent to an activating group) is 1. The number of nitrogens with zero attached hydrogens (tertiary/aromatic N) is 4. The standard InChI is InChI=1S/C16H23N5O2/c1-13(20(2)10-16(22)18-8-9-23-3)14-4-6-15(7-5-14)21-12-17-11-19-21/h4-7,11-13H,8-10H2,1-3H3,(H,18,22). The summed E-state index contributed by atoms with van der Waals surface area (Å²) in [6, 6.07) is 8.20. The van der Waals surface area contributed by atoms with Crippen LogP contribution in [0.2, 0.25) is 0 Å². The van der Waals surface area contributed by atoms with Crippen LogP contribution in [0.1, 0.15) is 18.5 Å². The van der Waals surface area contributed by atoms with Crippen LogP contribution in [0.4, 0.5) is 0 Å². The van der Waals surface area contributed by atoms with E-state index in [0.717, 1.165) is 11.3 Å². The van der Waals surface area contributed by atoms with Crippen molar-refractivity contribution in [1.82, 2.24) is 25.0 Å². The summed E-state index contributed by atoms with van der Waals surface area (Å²) >= 11 is 0. The first kappa shape index (κ1) is 17.1. The van der Waals surface area contributed by atoms with Crippen molar-refractivity contribution < 1.29 is 9.53 Å². The Morgan fingerprint density at radius 1 is 1.39 bits per heavy atom. The molecule has 1 N–H and O–H groups in total. The number of methoxy groups -OCH3 is 1. The zero-order valence-electron chi connectivity index (χ0n) is 13.8. The van der Waals surface area contributed by atoms with E-state index in [1.54, 1.807) is 18.1 Å². The van der Waals surface area contributed by atoms with E-state index in [1.807, 2.05) is 36.2 Å². The maximum absolute atomic E-state index is 11.8. The van der Waals surface area contributed by atoms with Gasteiger partial charge in [-0.25, -0.2) is 9.67 Å². The Bertz CT molecular complexity index is 597. The van der Waals surface area contributed by atoms with Gasteiger partial charge < -0.3 is 10.1 Å². The van der Waals surface area contributed by atoms with Crippen LogP contribution in [-0.4, -0.2) is 59.4 Å². The minimum absolute atomic E-state index is 0.00404. The lowest BCUT2D eigenvalue weighted by molar-refractivity contribution is -0.122. The Kier molecular flexibility index (Phi) is 6.25. The normalized spacial score (nSPS) is 12.3. The van der Waals surface area contributed by atoms with Gasteiger partial charge in [0.1, 0.15) is 12.7 Å². The third-order valence-electron chi connectivity index (χ3n) is 3.74. The Balaban J connectivity index is 1.91. The van der Waals surface area contributed by atoms with Crippen LogP contribution in [0.25, 0.3) is 5.69 Å². The quantitative estimate of drug-likeness (QED) is 0.736. The molecule has 2 rings (SSSR count). The zero-order chi connectivity index (χ0) is 16.7. The SMILES string of the molecule is COCCNC(=O)CN(C)C(C)c1ccc(-n2cncn2)cc1. The van der Waals surface area contributed by atoms with E-state index in [4.69, 9.17) is 4.74 Å². The molecule has 0 bridgehead atoms. The molecule has 0 aliphatic rings. The molecular formula is C16H23N5O2. The summed E-state index contributed by atoms with van der Waals surface area (Å²) in [6.07, 6.45) is 3.17. The van der Waals surface area contributed by atoms with Crippen LogP contribution in [0, 0.1) is 0 Å². The molecule has 1 atom stereocenters. The molecule has 0 aliphatic heterocycles. The number of hydrogen-bond acceptors (Lipinski definition) is 5. The molecule has 23 heavy (non-hydrogen) atoms. The Hall–Kier alpha value is -2.25. The number of ether oxygens (including phenoxy) is 1. The summed E-state index contributed by atoms with van der Waals surface area (Å²) < 4.78 is 6.63. The molecule has 1 heterocycles. The summed E-state index contributed by atoms with van der Waals surface area (Å²) in [4.78, 5) is 17.8. The highest BCUT2D eigenvalue weighted by Gasteiger charge is 2.14. The van der Waals surface area contributed by atoms with Gasteiger partial charge in [0.25, 0.3) is 0 Å². The monoisotopic (exact) mass is 317 g/mol. The number of amides is 1. The lowest BCUT2D eigenvalue weighted by atomic mass is 10.1. The number of hydrogen-bond donors (Lipinski definition) is 1. The molecule has 1 amide bonds. The van der Waals surface area contributed by atoms with Gasteiger partial charge in [0, 0.05) is 19.7 Å². The van der Waals surface area contributed by atoms with E-state index in [2.05, 4.69) is 22.3 Å². The van der Waals surface area contributed by atoms with Crippen molar-refractivity contribution in [3.63, 3.8) is 0 Å². The van der Waals surface area contributed by atoms with Gasteiger partial charge in [0.15, 0.2) is 0 Å². The fourth-order valence-electron chi connectivity index (χ4n) is 2.21. The minimum Gasteiger partial charge on any atom is -0.383 e. The van der Waals surface area contributed by atoms with E-state index in [9.17, 15) is 4.79 Å². The first-order chi connectivity index (χ1) is 11.1. The first-order valence-electron chi connectivity index (χ1n) is 7.52. The summed E-state index contributed by atoms with van der Waals surface area (Å²) in [7, 11) is 3.55. The van der Waals surface area contributed by atoms with Crippen molar-refractivity contribution in [2.45, 2.75) is 13.0 Å². The summed E-state index contributed by atoms with van der Waals surface area (Å²) in [6.45, 7) is 3.47. The van der Waals surface area contributed by atoms with Gasteiger partial charge in [0.2, 0.25) is 5.91 Å². The molecule has 1 aromatic heterocycles.